The Bertz CT molecular complexity index is 1640. The molecule has 4 aromatic rings. The summed E-state index contributed by atoms with van der Waals surface area (Å²) < 4.78 is 47.3. The Labute approximate surface area is 320 Å². The second-order valence-corrected chi connectivity index (χ2v) is 16.0. The maximum absolute atomic E-state index is 6.35. The fourth-order valence-electron chi connectivity index (χ4n) is 8.08. The van der Waals surface area contributed by atoms with E-state index in [1.54, 1.807) is 0 Å². The fourth-order valence-corrected chi connectivity index (χ4v) is 8.08. The molecule has 8 heteroatoms. The minimum absolute atomic E-state index is 0.0581. The van der Waals surface area contributed by atoms with Crippen LogP contribution in [0.4, 0.5) is 0 Å². The van der Waals surface area contributed by atoms with Crippen molar-refractivity contribution < 1.29 is 37.9 Å². The van der Waals surface area contributed by atoms with Crippen LogP contribution in [-0.2, 0) is 18.9 Å². The molecule has 4 aromatic carbocycles. The van der Waals surface area contributed by atoms with E-state index in [2.05, 4.69) is 104 Å². The lowest BCUT2D eigenvalue weighted by Gasteiger charge is -2.32. The van der Waals surface area contributed by atoms with Gasteiger partial charge in [-0.1, -0.05) is 48.5 Å². The van der Waals surface area contributed by atoms with E-state index in [9.17, 15) is 0 Å². The average molecular weight is 735 g/mol. The molecule has 0 aromatic heterocycles. The molecule has 0 radical (unpaired) electrons. The highest BCUT2D eigenvalue weighted by Crippen LogP contribution is 2.48. The van der Waals surface area contributed by atoms with Crippen LogP contribution in [0, 0.1) is 55.4 Å². The minimum Gasteiger partial charge on any atom is -0.490 e. The predicted molar refractivity (Wildman–Crippen MR) is 208 cm³/mol. The molecule has 0 spiro atoms. The quantitative estimate of drug-likeness (QED) is 0.100. The summed E-state index contributed by atoms with van der Waals surface area (Å²) in [5, 5.41) is 0. The first-order valence-corrected chi connectivity index (χ1v) is 19.4. The normalized spacial score (nSPS) is 22.0. The van der Waals surface area contributed by atoms with Crippen molar-refractivity contribution in [2.24, 2.45) is 0 Å². The molecule has 8 rings (SSSR count). The van der Waals surface area contributed by atoms with Crippen LogP contribution in [0.5, 0.6) is 23.0 Å². The van der Waals surface area contributed by atoms with Crippen LogP contribution in [0.15, 0.2) is 48.5 Å². The van der Waals surface area contributed by atoms with Crippen LogP contribution < -0.4 is 18.9 Å². The summed E-state index contributed by atoms with van der Waals surface area (Å²) in [7, 11) is 0. The largest absolute Gasteiger partial charge is 0.490 e. The summed E-state index contributed by atoms with van der Waals surface area (Å²) in [4.78, 5) is 0. The molecule has 8 nitrogen and oxygen atoms in total. The van der Waals surface area contributed by atoms with E-state index < -0.39 is 0 Å². The molecule has 4 aliphatic heterocycles. The standard InChI is InChI=1S/C46H54O8/c1-25-9-33(10-26(2)43(25)51-21-37-17-47-37)41(34-11-27(3)44(28(4)12-34)52-22-38-18-48-38)42(35-13-29(5)45(30(6)14-35)53-23-39-19-49-39)36-15-31(7)46(32(8)16-36)54-24-40-20-50-40/h9-16,37-42H,17-24H2,1-8H3. The van der Waals surface area contributed by atoms with Crippen molar-refractivity contribution in [3.63, 3.8) is 0 Å². The van der Waals surface area contributed by atoms with Gasteiger partial charge in [0.2, 0.25) is 0 Å². The van der Waals surface area contributed by atoms with Crippen molar-refractivity contribution in [3.8, 4) is 23.0 Å². The highest BCUT2D eigenvalue weighted by Gasteiger charge is 2.33. The molecule has 54 heavy (non-hydrogen) atoms. The molecule has 4 saturated heterocycles. The zero-order valence-corrected chi connectivity index (χ0v) is 33.0. The predicted octanol–water partition coefficient (Wildman–Crippen LogP) is 8.23. The lowest BCUT2D eigenvalue weighted by atomic mass is 9.71. The van der Waals surface area contributed by atoms with Crippen molar-refractivity contribution in [3.05, 3.63) is 115 Å². The van der Waals surface area contributed by atoms with Crippen LogP contribution in [-0.4, -0.2) is 77.3 Å². The summed E-state index contributed by atoms with van der Waals surface area (Å²) in [5.41, 5.74) is 13.8. The van der Waals surface area contributed by atoms with Gasteiger partial charge in [0, 0.05) is 11.8 Å². The summed E-state index contributed by atoms with van der Waals surface area (Å²) in [6, 6.07) is 18.6. The molecule has 0 aliphatic carbocycles. The summed E-state index contributed by atoms with van der Waals surface area (Å²) in [6.45, 7) is 22.6. The van der Waals surface area contributed by atoms with Gasteiger partial charge < -0.3 is 37.9 Å². The highest BCUT2D eigenvalue weighted by atomic mass is 16.6. The Kier molecular flexibility index (Phi) is 10.4. The molecular weight excluding hydrogens is 680 g/mol. The SMILES string of the molecule is Cc1cc(C(c2cc(C)c(OCC3CO3)c(C)c2)C(c2cc(C)c(OCC3CO3)c(C)c2)c2cc(C)c(OCC3CO3)c(C)c2)cc(C)c1OCC1CO1. The third-order valence-electron chi connectivity index (χ3n) is 11.0. The molecular formula is C46H54O8. The summed E-state index contributed by atoms with van der Waals surface area (Å²) in [5.74, 6) is 3.62. The molecule has 4 atom stereocenters. The monoisotopic (exact) mass is 734 g/mol. The maximum Gasteiger partial charge on any atom is 0.125 e. The van der Waals surface area contributed by atoms with E-state index in [4.69, 9.17) is 37.9 Å². The molecule has 0 saturated carbocycles. The van der Waals surface area contributed by atoms with Gasteiger partial charge in [-0.3, -0.25) is 0 Å². The fraction of sp³-hybridized carbons (Fsp3) is 0.478. The van der Waals surface area contributed by atoms with Gasteiger partial charge >= 0.3 is 0 Å². The number of hydrogen-bond donors (Lipinski definition) is 0. The summed E-state index contributed by atoms with van der Waals surface area (Å²) >= 11 is 0. The van der Waals surface area contributed by atoms with E-state index in [1.807, 2.05) is 0 Å². The number of ether oxygens (including phenoxy) is 8. The van der Waals surface area contributed by atoms with Crippen LogP contribution >= 0.6 is 0 Å². The molecule has 4 unspecified atom stereocenters. The van der Waals surface area contributed by atoms with Gasteiger partial charge in [-0.25, -0.2) is 0 Å². The van der Waals surface area contributed by atoms with Crippen LogP contribution in [0.2, 0.25) is 0 Å². The Morgan fingerprint density at radius 3 is 0.685 bits per heavy atom. The Morgan fingerprint density at radius 2 is 0.537 bits per heavy atom. The first-order chi connectivity index (χ1) is 26.0. The van der Waals surface area contributed by atoms with Gasteiger partial charge in [-0.15, -0.1) is 0 Å². The maximum atomic E-state index is 6.35. The third-order valence-corrected chi connectivity index (χ3v) is 11.0. The molecule has 286 valence electrons. The van der Waals surface area contributed by atoms with Crippen molar-refractivity contribution in [1.82, 2.24) is 0 Å². The van der Waals surface area contributed by atoms with Crippen molar-refractivity contribution in [2.75, 3.05) is 52.9 Å². The van der Waals surface area contributed by atoms with Crippen molar-refractivity contribution in [2.45, 2.75) is 91.6 Å². The lowest BCUT2D eigenvalue weighted by molar-refractivity contribution is 0.260. The molecule has 0 amide bonds. The van der Waals surface area contributed by atoms with Gasteiger partial charge in [0.05, 0.1) is 26.4 Å². The van der Waals surface area contributed by atoms with Gasteiger partial charge in [-0.2, -0.15) is 0 Å². The average Bonchev–Trinajstić information content (AvgIpc) is 3.92. The second-order valence-electron chi connectivity index (χ2n) is 16.0. The molecule has 4 aliphatic rings. The van der Waals surface area contributed by atoms with E-state index >= 15 is 0 Å². The van der Waals surface area contributed by atoms with Gasteiger partial charge in [-0.05, 0) is 122 Å². The second kappa shape index (κ2) is 15.2. The van der Waals surface area contributed by atoms with Gasteiger partial charge in [0.1, 0.15) is 73.8 Å². The molecule has 4 heterocycles. The van der Waals surface area contributed by atoms with Crippen LogP contribution in [0.3, 0.4) is 0 Å². The number of epoxide rings is 4. The first kappa shape index (κ1) is 36.9. The van der Waals surface area contributed by atoms with E-state index in [0.717, 1.165) is 93.9 Å². The van der Waals surface area contributed by atoms with E-state index in [0.29, 0.717) is 26.4 Å². The molecule has 0 N–H and O–H groups in total. The zero-order valence-electron chi connectivity index (χ0n) is 33.0. The Balaban J connectivity index is 1.28. The molecule has 4 fully saturated rings. The smallest absolute Gasteiger partial charge is 0.125 e. The number of hydrogen-bond acceptors (Lipinski definition) is 8. The third kappa shape index (κ3) is 8.42. The van der Waals surface area contributed by atoms with Crippen molar-refractivity contribution >= 4 is 0 Å². The van der Waals surface area contributed by atoms with E-state index in [-0.39, 0.29) is 36.3 Å². The van der Waals surface area contributed by atoms with Gasteiger partial charge in [0.15, 0.2) is 0 Å². The number of rotatable bonds is 17. The van der Waals surface area contributed by atoms with Gasteiger partial charge in [0.25, 0.3) is 0 Å². The van der Waals surface area contributed by atoms with Crippen LogP contribution in [0.25, 0.3) is 0 Å². The van der Waals surface area contributed by atoms with Crippen molar-refractivity contribution in [1.29, 1.82) is 0 Å². The topological polar surface area (TPSA) is 87.0 Å². The lowest BCUT2D eigenvalue weighted by Crippen LogP contribution is -2.18. The zero-order chi connectivity index (χ0) is 37.7. The summed E-state index contributed by atoms with van der Waals surface area (Å²) in [6.07, 6.45) is 0.738. The Hall–Kier alpha value is -4.08. The Morgan fingerprint density at radius 1 is 0.370 bits per heavy atom. The minimum atomic E-state index is -0.0581. The number of aryl methyl sites for hydroxylation is 8. The number of benzene rings is 4. The first-order valence-electron chi connectivity index (χ1n) is 19.4. The highest BCUT2D eigenvalue weighted by molar-refractivity contribution is 5.57. The van der Waals surface area contributed by atoms with Crippen LogP contribution in [0.1, 0.15) is 78.6 Å². The molecule has 0 bridgehead atoms. The van der Waals surface area contributed by atoms with E-state index in [1.165, 1.54) is 22.3 Å².